The van der Waals surface area contributed by atoms with Crippen molar-refractivity contribution in [3.8, 4) is 5.75 Å². The monoisotopic (exact) mass is 227 g/mol. The number of nitrogens with two attached hydrogens (primary N) is 1. The summed E-state index contributed by atoms with van der Waals surface area (Å²) in [5, 5.41) is 7.60. The van der Waals surface area contributed by atoms with Gasteiger partial charge in [0.15, 0.2) is 5.75 Å². The van der Waals surface area contributed by atoms with E-state index in [1.807, 2.05) is 37.3 Å². The van der Waals surface area contributed by atoms with Gasteiger partial charge in [-0.3, -0.25) is 0 Å². The van der Waals surface area contributed by atoms with Gasteiger partial charge in [-0.15, -0.1) is 5.11 Å². The van der Waals surface area contributed by atoms with Gasteiger partial charge in [0, 0.05) is 5.28 Å². The van der Waals surface area contributed by atoms with E-state index >= 15 is 0 Å². The van der Waals surface area contributed by atoms with Crippen LogP contribution in [0.15, 0.2) is 58.9 Å². The number of anilines is 1. The third kappa shape index (κ3) is 3.04. The quantitative estimate of drug-likeness (QED) is 0.494. The number of hydrogen-bond donors (Lipinski definition) is 1. The highest BCUT2D eigenvalue weighted by molar-refractivity contribution is 5.62. The molecule has 17 heavy (non-hydrogen) atoms. The lowest BCUT2D eigenvalue weighted by Gasteiger charge is -2.00. The van der Waals surface area contributed by atoms with E-state index in [2.05, 4.69) is 10.4 Å². The van der Waals surface area contributed by atoms with Crippen LogP contribution in [-0.2, 0) is 0 Å². The van der Waals surface area contributed by atoms with Crippen molar-refractivity contribution >= 4 is 11.4 Å². The first-order valence-corrected chi connectivity index (χ1v) is 5.25. The summed E-state index contributed by atoms with van der Waals surface area (Å²) >= 11 is 0. The van der Waals surface area contributed by atoms with Crippen molar-refractivity contribution in [2.24, 2.45) is 10.4 Å². The van der Waals surface area contributed by atoms with Crippen LogP contribution in [0.1, 0.15) is 5.56 Å². The van der Waals surface area contributed by atoms with Crippen molar-refractivity contribution in [3.05, 3.63) is 54.1 Å². The lowest BCUT2D eigenvalue weighted by atomic mass is 10.2. The maximum Gasteiger partial charge on any atom is 0.159 e. The standard InChI is InChI=1S/C13H13N3O/c1-10-7-8-12(14)13(9-10)15-16-17-11-5-3-2-4-6-11/h2-9H,14H2,1H3. The number of nitrogens with zero attached hydrogens (tertiary/aromatic N) is 2. The molecule has 2 rings (SSSR count). The van der Waals surface area contributed by atoms with Crippen molar-refractivity contribution in [1.29, 1.82) is 0 Å². The Morgan fingerprint density at radius 2 is 1.82 bits per heavy atom. The van der Waals surface area contributed by atoms with Crippen molar-refractivity contribution in [3.63, 3.8) is 0 Å². The lowest BCUT2D eigenvalue weighted by molar-refractivity contribution is 0.313. The molecule has 2 N–H and O–H groups in total. The molecule has 0 unspecified atom stereocenters. The van der Waals surface area contributed by atoms with E-state index in [4.69, 9.17) is 10.6 Å². The van der Waals surface area contributed by atoms with Crippen LogP contribution in [0, 0.1) is 6.92 Å². The minimum atomic E-state index is 0.580. The molecular formula is C13H13N3O. The maximum absolute atomic E-state index is 5.76. The van der Waals surface area contributed by atoms with Crippen molar-refractivity contribution < 1.29 is 4.84 Å². The van der Waals surface area contributed by atoms with Gasteiger partial charge < -0.3 is 10.6 Å². The fraction of sp³-hybridized carbons (Fsp3) is 0.0769. The molecule has 0 saturated carbocycles. The van der Waals surface area contributed by atoms with Crippen LogP contribution in [0.25, 0.3) is 0 Å². The molecule has 0 fully saturated rings. The molecule has 0 heterocycles. The highest BCUT2D eigenvalue weighted by Crippen LogP contribution is 2.23. The molecule has 0 aliphatic heterocycles. The number of benzene rings is 2. The average molecular weight is 227 g/mol. The Labute approximate surface area is 99.7 Å². The summed E-state index contributed by atoms with van der Waals surface area (Å²) in [6.45, 7) is 1.97. The summed E-state index contributed by atoms with van der Waals surface area (Å²) in [4.78, 5) is 5.11. The molecule has 0 aromatic heterocycles. The van der Waals surface area contributed by atoms with E-state index in [9.17, 15) is 0 Å². The van der Waals surface area contributed by atoms with Crippen molar-refractivity contribution in [2.75, 3.05) is 5.73 Å². The molecule has 0 bridgehead atoms. The zero-order valence-electron chi connectivity index (χ0n) is 9.50. The SMILES string of the molecule is Cc1ccc(N)c(N=NOc2ccccc2)c1. The van der Waals surface area contributed by atoms with Gasteiger partial charge in [0.05, 0.1) is 5.69 Å². The van der Waals surface area contributed by atoms with Crippen LogP contribution >= 0.6 is 0 Å². The van der Waals surface area contributed by atoms with Gasteiger partial charge in [0.25, 0.3) is 0 Å². The van der Waals surface area contributed by atoms with Crippen LogP contribution in [-0.4, -0.2) is 0 Å². The molecule has 0 amide bonds. The largest absolute Gasteiger partial charge is 0.397 e. The molecule has 0 aliphatic rings. The van der Waals surface area contributed by atoms with Gasteiger partial charge in [-0.1, -0.05) is 24.3 Å². The summed E-state index contributed by atoms with van der Waals surface area (Å²) in [7, 11) is 0. The van der Waals surface area contributed by atoms with E-state index in [0.29, 0.717) is 17.1 Å². The Hall–Kier alpha value is -2.36. The predicted octanol–water partition coefficient (Wildman–Crippen LogP) is 3.65. The van der Waals surface area contributed by atoms with E-state index < -0.39 is 0 Å². The molecule has 2 aromatic rings. The third-order valence-corrected chi connectivity index (χ3v) is 2.22. The van der Waals surface area contributed by atoms with Gasteiger partial charge in [-0.25, -0.2) is 0 Å². The summed E-state index contributed by atoms with van der Waals surface area (Å²) in [6.07, 6.45) is 0. The van der Waals surface area contributed by atoms with Gasteiger partial charge in [0.2, 0.25) is 0 Å². The molecule has 86 valence electrons. The minimum Gasteiger partial charge on any atom is -0.397 e. The molecule has 2 aromatic carbocycles. The molecule has 4 heteroatoms. The Bertz CT molecular complexity index is 523. The Morgan fingerprint density at radius 3 is 2.59 bits per heavy atom. The fourth-order valence-electron chi connectivity index (χ4n) is 1.33. The molecule has 0 spiro atoms. The normalized spacial score (nSPS) is 10.6. The molecule has 0 aliphatic carbocycles. The zero-order valence-corrected chi connectivity index (χ0v) is 9.50. The molecule has 0 radical (unpaired) electrons. The van der Waals surface area contributed by atoms with Crippen molar-refractivity contribution in [2.45, 2.75) is 6.92 Å². The van der Waals surface area contributed by atoms with Crippen LogP contribution in [0.3, 0.4) is 0 Å². The Morgan fingerprint density at radius 1 is 1.06 bits per heavy atom. The first kappa shape index (κ1) is 11.1. The molecular weight excluding hydrogens is 214 g/mol. The van der Waals surface area contributed by atoms with E-state index in [1.165, 1.54) is 0 Å². The van der Waals surface area contributed by atoms with Gasteiger partial charge in [0.1, 0.15) is 5.69 Å². The van der Waals surface area contributed by atoms with Crippen LogP contribution < -0.4 is 10.6 Å². The fourth-order valence-corrected chi connectivity index (χ4v) is 1.33. The molecule has 0 atom stereocenters. The average Bonchev–Trinajstić information content (AvgIpc) is 2.35. The van der Waals surface area contributed by atoms with Gasteiger partial charge >= 0.3 is 0 Å². The molecule has 4 nitrogen and oxygen atoms in total. The number of rotatable bonds is 3. The maximum atomic E-state index is 5.76. The van der Waals surface area contributed by atoms with E-state index in [-0.39, 0.29) is 0 Å². The number of nitrogen functional groups attached to an aromatic ring is 1. The minimum absolute atomic E-state index is 0.580. The van der Waals surface area contributed by atoms with Crippen LogP contribution in [0.2, 0.25) is 0 Å². The van der Waals surface area contributed by atoms with Crippen LogP contribution in [0.5, 0.6) is 5.75 Å². The van der Waals surface area contributed by atoms with Gasteiger partial charge in [-0.05, 0) is 36.8 Å². The summed E-state index contributed by atoms with van der Waals surface area (Å²) in [5.41, 5.74) is 8.03. The second-order valence-corrected chi connectivity index (χ2v) is 3.65. The van der Waals surface area contributed by atoms with E-state index in [0.717, 1.165) is 5.56 Å². The smallest absolute Gasteiger partial charge is 0.159 e. The summed E-state index contributed by atoms with van der Waals surface area (Å²) in [6, 6.07) is 14.8. The van der Waals surface area contributed by atoms with Crippen molar-refractivity contribution in [1.82, 2.24) is 0 Å². The van der Waals surface area contributed by atoms with Gasteiger partial charge in [-0.2, -0.15) is 0 Å². The first-order valence-electron chi connectivity index (χ1n) is 5.25. The number of aryl methyl sites for hydroxylation is 1. The predicted molar refractivity (Wildman–Crippen MR) is 67.2 cm³/mol. The topological polar surface area (TPSA) is 60.0 Å². The second-order valence-electron chi connectivity index (χ2n) is 3.65. The summed E-state index contributed by atoms with van der Waals surface area (Å²) in [5.74, 6) is 0.641. The highest BCUT2D eigenvalue weighted by Gasteiger charge is 1.97. The molecule has 0 saturated heterocycles. The third-order valence-electron chi connectivity index (χ3n) is 2.22. The Kier molecular flexibility index (Phi) is 3.35. The summed E-state index contributed by atoms with van der Waals surface area (Å²) < 4.78 is 0. The van der Waals surface area contributed by atoms with E-state index in [1.54, 1.807) is 18.2 Å². The lowest BCUT2D eigenvalue weighted by Crippen LogP contribution is -1.86. The second kappa shape index (κ2) is 5.12. The zero-order chi connectivity index (χ0) is 12.1. The Balaban J connectivity index is 2.08. The number of para-hydroxylation sites is 1. The van der Waals surface area contributed by atoms with Crippen LogP contribution in [0.4, 0.5) is 11.4 Å². The number of hydrogen-bond acceptors (Lipinski definition) is 4. The first-order chi connectivity index (χ1) is 8.25. The highest BCUT2D eigenvalue weighted by atomic mass is 16.6.